The first-order valence-electron chi connectivity index (χ1n) is 11.6. The first kappa shape index (κ1) is 23.2. The van der Waals surface area contributed by atoms with Crippen LogP contribution in [0.3, 0.4) is 0 Å². The van der Waals surface area contributed by atoms with Gasteiger partial charge in [-0.3, -0.25) is 0 Å². The van der Waals surface area contributed by atoms with E-state index < -0.39 is 17.8 Å². The van der Waals surface area contributed by atoms with Gasteiger partial charge in [-0.1, -0.05) is 62.0 Å². The molecular formula is C27H40O3. The van der Waals surface area contributed by atoms with Crippen molar-refractivity contribution in [2.24, 2.45) is 17.3 Å². The van der Waals surface area contributed by atoms with E-state index in [1.54, 1.807) is 5.57 Å². The first-order chi connectivity index (χ1) is 14.0. The van der Waals surface area contributed by atoms with Crippen LogP contribution in [0.15, 0.2) is 59.3 Å². The Labute approximate surface area is 182 Å². The zero-order chi connectivity index (χ0) is 22.1. The van der Waals surface area contributed by atoms with Crippen LogP contribution in [0.4, 0.5) is 0 Å². The highest BCUT2D eigenvalue weighted by atomic mass is 16.3. The molecule has 3 N–H and O–H groups in total. The minimum atomic E-state index is -0.755. The third-order valence-electron chi connectivity index (χ3n) is 7.42. The number of hydrogen-bond acceptors (Lipinski definition) is 3. The van der Waals surface area contributed by atoms with Crippen LogP contribution in [-0.2, 0) is 0 Å². The Balaban J connectivity index is 1.75. The lowest BCUT2D eigenvalue weighted by molar-refractivity contribution is 0.0862. The van der Waals surface area contributed by atoms with Crippen molar-refractivity contribution >= 4 is 0 Å². The number of aliphatic hydroxyl groups excluding tert-OH is 2. The molecule has 0 aliphatic heterocycles. The Morgan fingerprint density at radius 2 is 2.03 bits per heavy atom. The molecule has 2 fully saturated rings. The van der Waals surface area contributed by atoms with Gasteiger partial charge in [-0.15, -0.1) is 0 Å². The fraction of sp³-hybridized carbons (Fsp3) is 0.630. The molecule has 0 radical (unpaired) electrons. The normalized spacial score (nSPS) is 36.4. The standard InChI is InChI=1S/C27H40O3/c1-18(8-6-14-26(3,4)30)23-12-13-24-20(9-7-15-27(23,24)5)10-11-21-16-22(28)17-25(29)19(21)2/h6,10-12,14,18,22,24-25,28-30H,2,7-9,13,15-17H2,1,3-5H3/b14-6+,20-10-,21-11+. The molecule has 3 nitrogen and oxygen atoms in total. The zero-order valence-electron chi connectivity index (χ0n) is 19.2. The molecule has 5 unspecified atom stereocenters. The Morgan fingerprint density at radius 1 is 1.30 bits per heavy atom. The summed E-state index contributed by atoms with van der Waals surface area (Å²) in [7, 11) is 0. The minimum Gasteiger partial charge on any atom is -0.393 e. The van der Waals surface area contributed by atoms with Crippen molar-refractivity contribution in [2.45, 2.75) is 90.4 Å². The SMILES string of the molecule is C=C1/C(=C/C=C2/CCCC3(C)C(C(C)C/C=C/C(C)(C)O)=CCC23)CC(O)CC1O. The maximum atomic E-state index is 10.1. The third kappa shape index (κ3) is 5.07. The van der Waals surface area contributed by atoms with E-state index in [-0.39, 0.29) is 5.41 Å². The summed E-state index contributed by atoms with van der Waals surface area (Å²) in [6, 6.07) is 0. The fourth-order valence-electron chi connectivity index (χ4n) is 5.77. The highest BCUT2D eigenvalue weighted by Crippen LogP contribution is 2.56. The van der Waals surface area contributed by atoms with Gasteiger partial charge >= 0.3 is 0 Å². The maximum Gasteiger partial charge on any atom is 0.0811 e. The van der Waals surface area contributed by atoms with Crippen LogP contribution in [0.25, 0.3) is 0 Å². The predicted molar refractivity (Wildman–Crippen MR) is 124 cm³/mol. The lowest BCUT2D eigenvalue weighted by atomic mass is 9.62. The Kier molecular flexibility index (Phi) is 6.96. The van der Waals surface area contributed by atoms with Gasteiger partial charge in [0.05, 0.1) is 17.8 Å². The molecule has 3 rings (SSSR count). The molecule has 0 aromatic rings. The van der Waals surface area contributed by atoms with E-state index in [2.05, 4.69) is 44.7 Å². The van der Waals surface area contributed by atoms with Gasteiger partial charge in [-0.25, -0.2) is 0 Å². The van der Waals surface area contributed by atoms with Gasteiger partial charge in [-0.2, -0.15) is 0 Å². The molecule has 0 bridgehead atoms. The van der Waals surface area contributed by atoms with Crippen LogP contribution in [0.1, 0.15) is 72.6 Å². The Bertz CT molecular complexity index is 776. The lowest BCUT2D eigenvalue weighted by Crippen LogP contribution is -2.32. The first-order valence-corrected chi connectivity index (χ1v) is 11.6. The highest BCUT2D eigenvalue weighted by molar-refractivity contribution is 5.40. The second-order valence-electron chi connectivity index (χ2n) is 10.5. The Morgan fingerprint density at radius 3 is 2.73 bits per heavy atom. The maximum absolute atomic E-state index is 10.1. The summed E-state index contributed by atoms with van der Waals surface area (Å²) in [6.45, 7) is 12.4. The van der Waals surface area contributed by atoms with E-state index in [0.29, 0.717) is 24.7 Å². The van der Waals surface area contributed by atoms with Gasteiger partial charge in [0.1, 0.15) is 0 Å². The van der Waals surface area contributed by atoms with E-state index in [4.69, 9.17) is 0 Å². The number of aliphatic hydroxyl groups is 3. The van der Waals surface area contributed by atoms with Crippen LogP contribution >= 0.6 is 0 Å². The van der Waals surface area contributed by atoms with Crippen LogP contribution in [0.2, 0.25) is 0 Å². The molecule has 30 heavy (non-hydrogen) atoms. The molecule has 166 valence electrons. The van der Waals surface area contributed by atoms with Gasteiger partial charge in [0.25, 0.3) is 0 Å². The average molecular weight is 413 g/mol. The fourth-order valence-corrected chi connectivity index (χ4v) is 5.77. The summed E-state index contributed by atoms with van der Waals surface area (Å²) in [4.78, 5) is 0. The van der Waals surface area contributed by atoms with Crippen molar-refractivity contribution in [3.05, 3.63) is 59.3 Å². The van der Waals surface area contributed by atoms with E-state index in [0.717, 1.165) is 30.4 Å². The predicted octanol–water partition coefficient (Wildman–Crippen LogP) is 5.40. The van der Waals surface area contributed by atoms with E-state index in [9.17, 15) is 15.3 Å². The van der Waals surface area contributed by atoms with Gasteiger partial charge in [0.15, 0.2) is 0 Å². The van der Waals surface area contributed by atoms with E-state index in [1.807, 2.05) is 19.9 Å². The van der Waals surface area contributed by atoms with Crippen molar-refractivity contribution in [2.75, 3.05) is 0 Å². The van der Waals surface area contributed by atoms with Gasteiger partial charge < -0.3 is 15.3 Å². The topological polar surface area (TPSA) is 60.7 Å². The largest absolute Gasteiger partial charge is 0.393 e. The zero-order valence-corrected chi connectivity index (χ0v) is 19.2. The lowest BCUT2D eigenvalue weighted by Gasteiger charge is -2.42. The molecular weight excluding hydrogens is 372 g/mol. The van der Waals surface area contributed by atoms with Crippen LogP contribution in [-0.4, -0.2) is 33.1 Å². The number of allylic oxidation sites excluding steroid dienone is 6. The van der Waals surface area contributed by atoms with Crippen molar-refractivity contribution in [1.29, 1.82) is 0 Å². The van der Waals surface area contributed by atoms with Crippen molar-refractivity contribution in [3.8, 4) is 0 Å². The second-order valence-corrected chi connectivity index (χ2v) is 10.5. The molecule has 0 amide bonds. The molecule has 2 saturated carbocycles. The summed E-state index contributed by atoms with van der Waals surface area (Å²) in [5, 5.41) is 30.1. The van der Waals surface area contributed by atoms with Gasteiger partial charge in [0, 0.05) is 6.42 Å². The van der Waals surface area contributed by atoms with Crippen LogP contribution in [0, 0.1) is 17.3 Å². The summed E-state index contributed by atoms with van der Waals surface area (Å²) in [5.41, 5.74) is 4.25. The summed E-state index contributed by atoms with van der Waals surface area (Å²) in [6.07, 6.45) is 16.3. The Hall–Kier alpha value is -1.42. The molecule has 3 heteroatoms. The smallest absolute Gasteiger partial charge is 0.0811 e. The minimum absolute atomic E-state index is 0.202. The van der Waals surface area contributed by atoms with Gasteiger partial charge in [0.2, 0.25) is 0 Å². The van der Waals surface area contributed by atoms with Crippen molar-refractivity contribution < 1.29 is 15.3 Å². The van der Waals surface area contributed by atoms with E-state index in [1.165, 1.54) is 18.4 Å². The molecule has 0 aromatic heterocycles. The summed E-state index contributed by atoms with van der Waals surface area (Å²) in [5.74, 6) is 1.00. The third-order valence-corrected chi connectivity index (χ3v) is 7.42. The molecule has 0 aromatic carbocycles. The summed E-state index contributed by atoms with van der Waals surface area (Å²) >= 11 is 0. The molecule has 3 aliphatic rings. The van der Waals surface area contributed by atoms with Gasteiger partial charge in [-0.05, 0) is 80.8 Å². The number of fused-ring (bicyclic) bond motifs is 1. The quantitative estimate of drug-likeness (QED) is 0.530. The summed E-state index contributed by atoms with van der Waals surface area (Å²) < 4.78 is 0. The second kappa shape index (κ2) is 8.98. The van der Waals surface area contributed by atoms with Crippen LogP contribution < -0.4 is 0 Å². The average Bonchev–Trinajstić information content (AvgIpc) is 3.00. The van der Waals surface area contributed by atoms with E-state index >= 15 is 0 Å². The highest BCUT2D eigenvalue weighted by Gasteiger charge is 2.45. The van der Waals surface area contributed by atoms with Crippen molar-refractivity contribution in [3.63, 3.8) is 0 Å². The number of rotatable bonds is 5. The van der Waals surface area contributed by atoms with Crippen molar-refractivity contribution in [1.82, 2.24) is 0 Å². The number of hydrogen-bond donors (Lipinski definition) is 3. The van der Waals surface area contributed by atoms with Crippen LogP contribution in [0.5, 0.6) is 0 Å². The molecule has 0 saturated heterocycles. The molecule has 0 heterocycles. The molecule has 5 atom stereocenters. The molecule has 3 aliphatic carbocycles. The molecule has 0 spiro atoms. The monoisotopic (exact) mass is 412 g/mol.